The Hall–Kier alpha value is -0.0300. The summed E-state index contributed by atoms with van der Waals surface area (Å²) in [5.41, 5.74) is 7.63. The van der Waals surface area contributed by atoms with Gasteiger partial charge in [0, 0.05) is 34.1 Å². The summed E-state index contributed by atoms with van der Waals surface area (Å²) in [6.45, 7) is 9.05. The average molecular weight is 357 g/mol. The Labute approximate surface area is 135 Å². The number of hydrogen-bond acceptors (Lipinski definition) is 3. The Morgan fingerprint density at radius 3 is 2.65 bits per heavy atom. The van der Waals surface area contributed by atoms with Crippen LogP contribution in [0.5, 0.6) is 0 Å². The van der Waals surface area contributed by atoms with E-state index in [9.17, 15) is 0 Å². The van der Waals surface area contributed by atoms with Gasteiger partial charge in [0.25, 0.3) is 0 Å². The molecule has 1 aliphatic heterocycles. The van der Waals surface area contributed by atoms with Gasteiger partial charge < -0.3 is 5.73 Å². The highest BCUT2D eigenvalue weighted by Gasteiger charge is 2.30. The van der Waals surface area contributed by atoms with Crippen molar-refractivity contribution in [3.05, 3.63) is 34.3 Å². The molecule has 112 valence electrons. The molecule has 2 nitrogen and oxygen atoms in total. The standard InChI is InChI=1S/C16H25BrN2S/c1-12(18)15(13-6-4-5-7-14(13)17)19-9-8-16(2,3)20-11-10-19/h4-7,12,15H,8-11,18H2,1-3H3. The van der Waals surface area contributed by atoms with Gasteiger partial charge in [-0.3, -0.25) is 4.90 Å². The lowest BCUT2D eigenvalue weighted by atomic mass is 9.98. The van der Waals surface area contributed by atoms with Gasteiger partial charge in [0.2, 0.25) is 0 Å². The lowest BCUT2D eigenvalue weighted by molar-refractivity contribution is 0.184. The molecule has 2 rings (SSSR count). The van der Waals surface area contributed by atoms with Crippen LogP contribution in [0.4, 0.5) is 0 Å². The molecule has 0 amide bonds. The van der Waals surface area contributed by atoms with E-state index in [4.69, 9.17) is 5.73 Å². The Bertz CT molecular complexity index is 448. The lowest BCUT2D eigenvalue weighted by Gasteiger charge is -2.34. The van der Waals surface area contributed by atoms with E-state index in [2.05, 4.69) is 77.6 Å². The third kappa shape index (κ3) is 4.00. The molecule has 0 aromatic heterocycles. The summed E-state index contributed by atoms with van der Waals surface area (Å²) < 4.78 is 1.55. The monoisotopic (exact) mass is 356 g/mol. The maximum atomic E-state index is 6.32. The number of halogens is 1. The summed E-state index contributed by atoms with van der Waals surface area (Å²) >= 11 is 5.77. The first-order valence-electron chi connectivity index (χ1n) is 7.29. The van der Waals surface area contributed by atoms with Crippen LogP contribution in [-0.2, 0) is 0 Å². The zero-order chi connectivity index (χ0) is 14.8. The topological polar surface area (TPSA) is 29.3 Å². The van der Waals surface area contributed by atoms with E-state index < -0.39 is 0 Å². The van der Waals surface area contributed by atoms with Crippen molar-refractivity contribution in [1.29, 1.82) is 0 Å². The van der Waals surface area contributed by atoms with E-state index in [-0.39, 0.29) is 6.04 Å². The number of nitrogens with two attached hydrogens (primary N) is 1. The molecule has 1 aromatic carbocycles. The second-order valence-electron chi connectivity index (χ2n) is 6.22. The fourth-order valence-electron chi connectivity index (χ4n) is 2.84. The zero-order valence-corrected chi connectivity index (χ0v) is 15.0. The second-order valence-corrected chi connectivity index (χ2v) is 8.88. The first-order chi connectivity index (χ1) is 9.41. The summed E-state index contributed by atoms with van der Waals surface area (Å²) in [7, 11) is 0. The zero-order valence-electron chi connectivity index (χ0n) is 12.6. The largest absolute Gasteiger partial charge is 0.326 e. The summed E-state index contributed by atoms with van der Waals surface area (Å²) in [5.74, 6) is 1.18. The molecule has 2 unspecified atom stereocenters. The minimum absolute atomic E-state index is 0.125. The van der Waals surface area contributed by atoms with E-state index in [0.717, 1.165) is 13.1 Å². The van der Waals surface area contributed by atoms with Gasteiger partial charge in [0.15, 0.2) is 0 Å². The highest BCUT2D eigenvalue weighted by molar-refractivity contribution is 9.10. The van der Waals surface area contributed by atoms with Crippen LogP contribution >= 0.6 is 27.7 Å². The lowest BCUT2D eigenvalue weighted by Crippen LogP contribution is -2.41. The maximum Gasteiger partial charge on any atom is 0.0507 e. The Kier molecular flexibility index (Phi) is 5.57. The third-order valence-corrected chi connectivity index (χ3v) is 6.08. The van der Waals surface area contributed by atoms with Gasteiger partial charge in [-0.25, -0.2) is 0 Å². The smallest absolute Gasteiger partial charge is 0.0507 e. The summed E-state index contributed by atoms with van der Waals surface area (Å²) in [5, 5.41) is 0. The van der Waals surface area contributed by atoms with Gasteiger partial charge >= 0.3 is 0 Å². The Morgan fingerprint density at radius 2 is 2.00 bits per heavy atom. The number of rotatable bonds is 3. The van der Waals surface area contributed by atoms with Crippen LogP contribution in [0.15, 0.2) is 28.7 Å². The molecule has 0 bridgehead atoms. The molecule has 0 radical (unpaired) electrons. The SMILES string of the molecule is CC(N)C(c1ccccc1Br)N1CCSC(C)(C)CC1. The normalized spacial score (nSPS) is 23.1. The number of hydrogen-bond donors (Lipinski definition) is 1. The molecule has 4 heteroatoms. The van der Waals surface area contributed by atoms with Crippen LogP contribution in [-0.4, -0.2) is 34.5 Å². The summed E-state index contributed by atoms with van der Waals surface area (Å²) in [6, 6.07) is 8.89. The Morgan fingerprint density at radius 1 is 1.30 bits per heavy atom. The van der Waals surface area contributed by atoms with Crippen LogP contribution in [0.25, 0.3) is 0 Å². The number of thioether (sulfide) groups is 1. The number of benzene rings is 1. The summed E-state index contributed by atoms with van der Waals surface area (Å²) in [4.78, 5) is 2.56. The molecule has 2 N–H and O–H groups in total. The second kappa shape index (κ2) is 6.82. The molecule has 1 fully saturated rings. The van der Waals surface area contributed by atoms with Gasteiger partial charge in [-0.2, -0.15) is 11.8 Å². The summed E-state index contributed by atoms with van der Waals surface area (Å²) in [6.07, 6.45) is 1.21. The molecular formula is C16H25BrN2S. The van der Waals surface area contributed by atoms with E-state index in [1.165, 1.54) is 22.2 Å². The predicted octanol–water partition coefficient (Wildman–Crippen LogP) is 4.05. The van der Waals surface area contributed by atoms with Crippen molar-refractivity contribution in [2.75, 3.05) is 18.8 Å². The molecule has 1 heterocycles. The van der Waals surface area contributed by atoms with Gasteiger partial charge in [-0.15, -0.1) is 0 Å². The van der Waals surface area contributed by atoms with Gasteiger partial charge in [-0.05, 0) is 25.0 Å². The third-order valence-electron chi connectivity index (χ3n) is 3.99. The minimum Gasteiger partial charge on any atom is -0.326 e. The van der Waals surface area contributed by atoms with Gasteiger partial charge in [0.1, 0.15) is 0 Å². The van der Waals surface area contributed by atoms with E-state index in [1.807, 2.05) is 0 Å². The Balaban J connectivity index is 2.23. The highest BCUT2D eigenvalue weighted by Crippen LogP contribution is 2.36. The van der Waals surface area contributed by atoms with Gasteiger partial charge in [-0.1, -0.05) is 48.0 Å². The molecule has 1 saturated heterocycles. The number of nitrogens with zero attached hydrogens (tertiary/aromatic N) is 1. The maximum absolute atomic E-state index is 6.32. The van der Waals surface area contributed by atoms with Crippen molar-refractivity contribution in [3.8, 4) is 0 Å². The van der Waals surface area contributed by atoms with Crippen LogP contribution < -0.4 is 5.73 Å². The van der Waals surface area contributed by atoms with Crippen molar-refractivity contribution < 1.29 is 0 Å². The molecular weight excluding hydrogens is 332 g/mol. The minimum atomic E-state index is 0.125. The van der Waals surface area contributed by atoms with Crippen LogP contribution in [0.2, 0.25) is 0 Å². The van der Waals surface area contributed by atoms with Crippen molar-refractivity contribution >= 4 is 27.7 Å². The molecule has 0 spiro atoms. The fraction of sp³-hybridized carbons (Fsp3) is 0.625. The van der Waals surface area contributed by atoms with Crippen LogP contribution in [0, 0.1) is 0 Å². The van der Waals surface area contributed by atoms with Crippen molar-refractivity contribution in [2.24, 2.45) is 5.73 Å². The molecule has 1 aromatic rings. The molecule has 0 saturated carbocycles. The van der Waals surface area contributed by atoms with E-state index in [1.54, 1.807) is 0 Å². The first-order valence-corrected chi connectivity index (χ1v) is 9.06. The fourth-order valence-corrected chi connectivity index (χ4v) is 4.47. The first kappa shape index (κ1) is 16.3. The van der Waals surface area contributed by atoms with Crippen molar-refractivity contribution in [2.45, 2.75) is 44.0 Å². The molecule has 2 atom stereocenters. The van der Waals surface area contributed by atoms with Crippen LogP contribution in [0.3, 0.4) is 0 Å². The van der Waals surface area contributed by atoms with E-state index >= 15 is 0 Å². The molecule has 1 aliphatic rings. The average Bonchev–Trinajstić information content (AvgIpc) is 2.53. The predicted molar refractivity (Wildman–Crippen MR) is 93.3 cm³/mol. The highest BCUT2D eigenvalue weighted by atomic mass is 79.9. The molecule has 20 heavy (non-hydrogen) atoms. The van der Waals surface area contributed by atoms with E-state index in [0.29, 0.717) is 10.8 Å². The molecule has 0 aliphatic carbocycles. The van der Waals surface area contributed by atoms with Crippen LogP contribution in [0.1, 0.15) is 38.8 Å². The van der Waals surface area contributed by atoms with Gasteiger partial charge in [0.05, 0.1) is 6.04 Å². The quantitative estimate of drug-likeness (QED) is 0.885. The van der Waals surface area contributed by atoms with Crippen molar-refractivity contribution in [1.82, 2.24) is 4.90 Å². The van der Waals surface area contributed by atoms with Crippen molar-refractivity contribution in [3.63, 3.8) is 0 Å².